The Morgan fingerprint density at radius 3 is 2.46 bits per heavy atom. The molecule has 1 saturated carbocycles. The molecule has 1 aromatic rings. The highest BCUT2D eigenvalue weighted by molar-refractivity contribution is 5.77. The quantitative estimate of drug-likeness (QED) is 0.863. The molecule has 24 heavy (non-hydrogen) atoms. The lowest BCUT2D eigenvalue weighted by molar-refractivity contribution is -0.140. The third-order valence-electron chi connectivity index (χ3n) is 5.09. The van der Waals surface area contributed by atoms with E-state index in [0.717, 1.165) is 31.5 Å². The lowest BCUT2D eigenvalue weighted by atomic mass is 10.1. The summed E-state index contributed by atoms with van der Waals surface area (Å²) < 4.78 is 5.72. The second-order valence-electron chi connectivity index (χ2n) is 6.83. The molecule has 0 aromatic heterocycles. The fourth-order valence-corrected chi connectivity index (χ4v) is 3.54. The third kappa shape index (κ3) is 4.79. The van der Waals surface area contributed by atoms with Crippen LogP contribution in [0.3, 0.4) is 0 Å². The van der Waals surface area contributed by atoms with E-state index in [-0.39, 0.29) is 18.6 Å². The number of benzene rings is 1. The molecular weight excluding hydrogens is 304 g/mol. The fourth-order valence-electron chi connectivity index (χ4n) is 3.54. The molecule has 1 aromatic carbocycles. The van der Waals surface area contributed by atoms with Gasteiger partial charge in [0.1, 0.15) is 6.61 Å². The molecule has 0 bridgehead atoms. The van der Waals surface area contributed by atoms with Gasteiger partial charge < -0.3 is 14.7 Å². The maximum atomic E-state index is 12.2. The van der Waals surface area contributed by atoms with E-state index in [4.69, 9.17) is 4.74 Å². The fraction of sp³-hybridized carbons (Fsp3) is 0.632. The smallest absolute Gasteiger partial charge is 0.248 e. The summed E-state index contributed by atoms with van der Waals surface area (Å²) in [5, 5.41) is 10.3. The van der Waals surface area contributed by atoms with Gasteiger partial charge in [-0.3, -0.25) is 9.69 Å². The zero-order valence-corrected chi connectivity index (χ0v) is 14.3. The van der Waals surface area contributed by atoms with E-state index in [9.17, 15) is 9.90 Å². The first kappa shape index (κ1) is 17.4. The van der Waals surface area contributed by atoms with Crippen molar-refractivity contribution < 1.29 is 14.6 Å². The molecule has 0 unspecified atom stereocenters. The summed E-state index contributed by atoms with van der Waals surface area (Å²) in [6.45, 7) is 3.88. The Bertz CT molecular complexity index is 509. The van der Waals surface area contributed by atoms with Crippen LogP contribution in [0.1, 0.15) is 37.4 Å². The van der Waals surface area contributed by atoms with Crippen LogP contribution < -0.4 is 0 Å². The van der Waals surface area contributed by atoms with Crippen LogP contribution in [0, 0.1) is 0 Å². The van der Waals surface area contributed by atoms with Gasteiger partial charge in [-0.05, 0) is 18.4 Å². The van der Waals surface area contributed by atoms with E-state index >= 15 is 0 Å². The number of hydrogen-bond acceptors (Lipinski definition) is 4. The van der Waals surface area contributed by atoms with Gasteiger partial charge in [-0.1, -0.05) is 43.2 Å². The van der Waals surface area contributed by atoms with E-state index in [0.29, 0.717) is 19.6 Å². The van der Waals surface area contributed by atoms with Crippen LogP contribution in [0.25, 0.3) is 0 Å². The van der Waals surface area contributed by atoms with Crippen LogP contribution in [-0.4, -0.2) is 66.2 Å². The van der Waals surface area contributed by atoms with Gasteiger partial charge in [0.15, 0.2) is 0 Å². The Balaban J connectivity index is 1.38. The number of aliphatic hydroxyl groups is 1. The molecule has 132 valence electrons. The van der Waals surface area contributed by atoms with Gasteiger partial charge in [-0.15, -0.1) is 0 Å². The Morgan fingerprint density at radius 2 is 1.79 bits per heavy atom. The zero-order valence-electron chi connectivity index (χ0n) is 14.3. The minimum atomic E-state index is -0.473. The van der Waals surface area contributed by atoms with E-state index in [1.54, 1.807) is 0 Å². The lowest BCUT2D eigenvalue weighted by Crippen LogP contribution is -2.50. The van der Waals surface area contributed by atoms with Gasteiger partial charge in [0.05, 0.1) is 12.2 Å². The number of carbonyl (C=O) groups is 1. The summed E-state index contributed by atoms with van der Waals surface area (Å²) in [5.41, 5.74) is 0.945. The van der Waals surface area contributed by atoms with Crippen molar-refractivity contribution in [3.05, 3.63) is 35.9 Å². The first-order chi connectivity index (χ1) is 11.7. The van der Waals surface area contributed by atoms with Crippen molar-refractivity contribution in [2.24, 2.45) is 0 Å². The van der Waals surface area contributed by atoms with E-state index in [1.165, 1.54) is 12.8 Å². The lowest BCUT2D eigenvalue weighted by Gasteiger charge is -2.35. The molecule has 2 fully saturated rings. The largest absolute Gasteiger partial charge is 0.387 e. The Morgan fingerprint density at radius 1 is 1.12 bits per heavy atom. The predicted molar refractivity (Wildman–Crippen MR) is 92.6 cm³/mol. The molecule has 1 atom stereocenters. The molecule has 5 heteroatoms. The summed E-state index contributed by atoms with van der Waals surface area (Å²) in [5.74, 6) is 0.102. The summed E-state index contributed by atoms with van der Waals surface area (Å²) in [4.78, 5) is 16.3. The summed E-state index contributed by atoms with van der Waals surface area (Å²) in [6.07, 6.45) is 4.45. The van der Waals surface area contributed by atoms with Gasteiger partial charge in [0, 0.05) is 32.7 Å². The molecule has 1 aliphatic heterocycles. The van der Waals surface area contributed by atoms with Gasteiger partial charge in [0.2, 0.25) is 5.91 Å². The normalized spacial score (nSPS) is 21.1. The zero-order chi connectivity index (χ0) is 16.8. The maximum Gasteiger partial charge on any atom is 0.248 e. The minimum absolute atomic E-state index is 0.102. The molecule has 1 heterocycles. The summed E-state index contributed by atoms with van der Waals surface area (Å²) >= 11 is 0. The molecule has 1 saturated heterocycles. The van der Waals surface area contributed by atoms with Crippen LogP contribution in [0.15, 0.2) is 30.3 Å². The van der Waals surface area contributed by atoms with Gasteiger partial charge in [-0.25, -0.2) is 0 Å². The second kappa shape index (κ2) is 8.60. The highest BCUT2D eigenvalue weighted by Crippen LogP contribution is 2.21. The number of ether oxygens (including phenoxy) is 1. The van der Waals surface area contributed by atoms with E-state index in [2.05, 4.69) is 4.90 Å². The van der Waals surface area contributed by atoms with Gasteiger partial charge >= 0.3 is 0 Å². The van der Waals surface area contributed by atoms with Crippen molar-refractivity contribution in [1.29, 1.82) is 0 Å². The third-order valence-corrected chi connectivity index (χ3v) is 5.09. The first-order valence-electron chi connectivity index (χ1n) is 9.07. The van der Waals surface area contributed by atoms with Crippen molar-refractivity contribution >= 4 is 5.91 Å². The Kier molecular flexibility index (Phi) is 6.24. The molecule has 0 radical (unpaired) electrons. The van der Waals surface area contributed by atoms with Crippen LogP contribution in [0.2, 0.25) is 0 Å². The minimum Gasteiger partial charge on any atom is -0.387 e. The van der Waals surface area contributed by atoms with Crippen LogP contribution in [0.5, 0.6) is 0 Å². The van der Waals surface area contributed by atoms with Gasteiger partial charge in [0.25, 0.3) is 0 Å². The van der Waals surface area contributed by atoms with Gasteiger partial charge in [-0.2, -0.15) is 0 Å². The van der Waals surface area contributed by atoms with Crippen molar-refractivity contribution in [3.8, 4) is 0 Å². The number of hydrogen-bond donors (Lipinski definition) is 1. The maximum absolute atomic E-state index is 12.2. The molecule has 1 N–H and O–H groups in total. The number of β-amino-alcohol motifs (C(OH)–C–C–N with tert-alkyl or cyclic N) is 1. The highest BCUT2D eigenvalue weighted by atomic mass is 16.5. The Labute approximate surface area is 144 Å². The molecule has 2 aliphatic rings. The van der Waals surface area contributed by atoms with Crippen molar-refractivity contribution in [1.82, 2.24) is 9.80 Å². The summed E-state index contributed by atoms with van der Waals surface area (Å²) in [7, 11) is 0. The average molecular weight is 332 g/mol. The van der Waals surface area contributed by atoms with Crippen LogP contribution in [0.4, 0.5) is 0 Å². The van der Waals surface area contributed by atoms with Crippen LogP contribution in [-0.2, 0) is 9.53 Å². The number of amides is 1. The number of aliphatic hydroxyl groups excluding tert-OH is 1. The number of carbonyl (C=O) groups excluding carboxylic acids is 1. The topological polar surface area (TPSA) is 53.0 Å². The molecule has 1 aliphatic carbocycles. The molecule has 5 nitrogen and oxygen atoms in total. The van der Waals surface area contributed by atoms with Crippen molar-refractivity contribution in [2.75, 3.05) is 39.3 Å². The number of piperazine rings is 1. The van der Waals surface area contributed by atoms with Crippen molar-refractivity contribution in [3.63, 3.8) is 0 Å². The van der Waals surface area contributed by atoms with Crippen molar-refractivity contribution in [2.45, 2.75) is 37.9 Å². The van der Waals surface area contributed by atoms with E-state index in [1.807, 2.05) is 35.2 Å². The van der Waals surface area contributed by atoms with E-state index < -0.39 is 6.10 Å². The molecule has 3 rings (SSSR count). The Hall–Kier alpha value is -1.43. The molecule has 1 amide bonds. The predicted octanol–water partition coefficient (Wildman–Crippen LogP) is 1.82. The SMILES string of the molecule is O=C(COC1CCCC1)N1CCN(C[C@@H](O)c2ccccc2)CC1. The molecule has 0 spiro atoms. The second-order valence-corrected chi connectivity index (χ2v) is 6.83. The average Bonchev–Trinajstić information content (AvgIpc) is 3.14. The standard InChI is InChI=1S/C19H28N2O3/c22-18(16-6-2-1-3-7-16)14-20-10-12-21(13-11-20)19(23)15-24-17-8-4-5-9-17/h1-3,6-7,17-18,22H,4-5,8-15H2/t18-/m1/s1. The molecular formula is C19H28N2O3. The summed E-state index contributed by atoms with van der Waals surface area (Å²) in [6, 6.07) is 9.74. The monoisotopic (exact) mass is 332 g/mol. The highest BCUT2D eigenvalue weighted by Gasteiger charge is 2.24. The first-order valence-corrected chi connectivity index (χ1v) is 9.07. The van der Waals surface area contributed by atoms with Crippen LogP contribution >= 0.6 is 0 Å². The number of nitrogens with zero attached hydrogens (tertiary/aromatic N) is 2. The number of rotatable bonds is 6.